The van der Waals surface area contributed by atoms with Crippen molar-refractivity contribution >= 4 is 28.5 Å². The molecule has 0 fully saturated rings. The Labute approximate surface area is 139 Å². The molecule has 0 radical (unpaired) electrons. The maximum Gasteiger partial charge on any atom is 0.344 e. The minimum atomic E-state index is -1.21. The van der Waals surface area contributed by atoms with Crippen LogP contribution < -0.4 is 15.4 Å². The van der Waals surface area contributed by atoms with E-state index in [-0.39, 0.29) is 29.6 Å². The van der Waals surface area contributed by atoms with Gasteiger partial charge < -0.3 is 20.3 Å². The topological polar surface area (TPSA) is 121 Å². The van der Waals surface area contributed by atoms with Gasteiger partial charge in [-0.05, 0) is 18.0 Å². The molecule has 4 N–H and O–H groups in total. The molecule has 23 heavy (non-hydrogen) atoms. The van der Waals surface area contributed by atoms with E-state index in [9.17, 15) is 14.7 Å². The number of rotatable bonds is 11. The number of urea groups is 1. The van der Waals surface area contributed by atoms with Gasteiger partial charge in [-0.25, -0.2) is 9.59 Å². The summed E-state index contributed by atoms with van der Waals surface area (Å²) in [6.07, 6.45) is 5.31. The molecule has 0 aliphatic rings. The van der Waals surface area contributed by atoms with Crippen molar-refractivity contribution in [3.05, 3.63) is 5.56 Å². The zero-order chi connectivity index (χ0) is 17.1. The average molecular weight is 345 g/mol. The monoisotopic (exact) mass is 345 g/mol. The zero-order valence-corrected chi connectivity index (χ0v) is 13.9. The molecule has 1 rings (SSSR count). The van der Waals surface area contributed by atoms with Crippen molar-refractivity contribution in [2.24, 2.45) is 0 Å². The number of carboxylic acid groups (broad SMARTS) is 1. The standard InChI is InChI=1S/C14H23N3O5S/c1-2-3-4-5-6-9-22-11-10(13(19)20)12(23-17-11)16-14(21)15-7-8-18/h18H,2-9H2,1H3,(H,19,20)(H2,15,16,21). The van der Waals surface area contributed by atoms with Crippen LogP contribution in [0.4, 0.5) is 9.80 Å². The third-order valence-electron chi connectivity index (χ3n) is 2.99. The van der Waals surface area contributed by atoms with E-state index >= 15 is 0 Å². The second-order valence-electron chi connectivity index (χ2n) is 4.86. The third-order valence-corrected chi connectivity index (χ3v) is 3.73. The zero-order valence-electron chi connectivity index (χ0n) is 13.1. The van der Waals surface area contributed by atoms with E-state index in [1.807, 2.05) is 0 Å². The van der Waals surface area contributed by atoms with Crippen molar-refractivity contribution in [2.45, 2.75) is 39.0 Å². The number of hydrogen-bond acceptors (Lipinski definition) is 6. The second kappa shape index (κ2) is 10.8. The Balaban J connectivity index is 2.56. The number of aromatic nitrogens is 1. The maximum atomic E-state index is 11.5. The summed E-state index contributed by atoms with van der Waals surface area (Å²) in [4.78, 5) is 22.9. The van der Waals surface area contributed by atoms with E-state index in [4.69, 9.17) is 9.84 Å². The highest BCUT2D eigenvalue weighted by molar-refractivity contribution is 7.11. The maximum absolute atomic E-state index is 11.5. The Bertz CT molecular complexity index is 507. The van der Waals surface area contributed by atoms with Gasteiger partial charge in [0, 0.05) is 6.54 Å². The second-order valence-corrected chi connectivity index (χ2v) is 5.64. The van der Waals surface area contributed by atoms with Crippen LogP contribution in [0.25, 0.3) is 0 Å². The summed E-state index contributed by atoms with van der Waals surface area (Å²) in [5.74, 6) is -1.19. The van der Waals surface area contributed by atoms with Gasteiger partial charge in [0.15, 0.2) is 5.56 Å². The van der Waals surface area contributed by atoms with Crippen LogP contribution in [0.2, 0.25) is 0 Å². The lowest BCUT2D eigenvalue weighted by molar-refractivity contribution is 0.0693. The molecule has 8 nitrogen and oxygen atoms in total. The average Bonchev–Trinajstić information content (AvgIpc) is 2.91. The fourth-order valence-electron chi connectivity index (χ4n) is 1.84. The Hall–Kier alpha value is -1.87. The molecule has 0 spiro atoms. The summed E-state index contributed by atoms with van der Waals surface area (Å²) >= 11 is 0.848. The van der Waals surface area contributed by atoms with Crippen LogP contribution >= 0.6 is 11.5 Å². The molecule has 0 saturated heterocycles. The predicted molar refractivity (Wildman–Crippen MR) is 87.4 cm³/mol. The number of ether oxygens (including phenoxy) is 1. The lowest BCUT2D eigenvalue weighted by atomic mass is 10.2. The number of aliphatic hydroxyl groups excluding tert-OH is 1. The van der Waals surface area contributed by atoms with E-state index in [0.29, 0.717) is 6.61 Å². The van der Waals surface area contributed by atoms with Crippen LogP contribution in [0, 0.1) is 0 Å². The van der Waals surface area contributed by atoms with Gasteiger partial charge in [0.2, 0.25) is 5.88 Å². The first kappa shape index (κ1) is 19.2. The van der Waals surface area contributed by atoms with Crippen molar-refractivity contribution in [1.29, 1.82) is 0 Å². The number of anilines is 1. The molecule has 0 aliphatic heterocycles. The number of aromatic carboxylic acids is 1. The summed E-state index contributed by atoms with van der Waals surface area (Å²) in [5.41, 5.74) is -0.150. The molecule has 9 heteroatoms. The molecule has 1 aromatic heterocycles. The van der Waals surface area contributed by atoms with Crippen molar-refractivity contribution < 1.29 is 24.5 Å². The first-order valence-electron chi connectivity index (χ1n) is 7.61. The highest BCUT2D eigenvalue weighted by Gasteiger charge is 2.23. The highest BCUT2D eigenvalue weighted by Crippen LogP contribution is 2.30. The van der Waals surface area contributed by atoms with Gasteiger partial charge in [0.25, 0.3) is 0 Å². The number of carboxylic acids is 1. The molecule has 0 saturated carbocycles. The SMILES string of the molecule is CCCCCCCOc1nsc(NC(=O)NCCO)c1C(=O)O. The van der Waals surface area contributed by atoms with E-state index in [2.05, 4.69) is 21.9 Å². The molecule has 0 aliphatic carbocycles. The van der Waals surface area contributed by atoms with E-state index in [1.165, 1.54) is 6.42 Å². The van der Waals surface area contributed by atoms with Gasteiger partial charge in [0.05, 0.1) is 13.2 Å². The molecule has 0 unspecified atom stereocenters. The van der Waals surface area contributed by atoms with Gasteiger partial charge >= 0.3 is 12.0 Å². The van der Waals surface area contributed by atoms with E-state index in [1.54, 1.807) is 0 Å². The van der Waals surface area contributed by atoms with Gasteiger partial charge in [-0.3, -0.25) is 5.32 Å². The van der Waals surface area contributed by atoms with E-state index in [0.717, 1.165) is 37.2 Å². The van der Waals surface area contributed by atoms with Gasteiger partial charge in [-0.15, -0.1) is 0 Å². The number of carbonyl (C=O) groups is 2. The first-order chi connectivity index (χ1) is 11.1. The molecule has 0 bridgehead atoms. The number of amides is 2. The number of hydrogen-bond donors (Lipinski definition) is 4. The number of nitrogens with one attached hydrogen (secondary N) is 2. The van der Waals surface area contributed by atoms with Crippen LogP contribution in [-0.4, -0.2) is 46.3 Å². The Morgan fingerprint density at radius 1 is 1.26 bits per heavy atom. The van der Waals surface area contributed by atoms with Crippen LogP contribution in [0.3, 0.4) is 0 Å². The Kier molecular flexibility index (Phi) is 9.00. The molecule has 2 amide bonds. The summed E-state index contributed by atoms with van der Waals surface area (Å²) in [6.45, 7) is 2.41. The molecular formula is C14H23N3O5S. The van der Waals surface area contributed by atoms with Crippen LogP contribution in [0.1, 0.15) is 49.4 Å². The molecule has 0 atom stereocenters. The molecule has 1 heterocycles. The summed E-state index contributed by atoms with van der Waals surface area (Å²) in [6, 6.07) is -0.601. The quantitative estimate of drug-likeness (QED) is 0.457. The first-order valence-corrected chi connectivity index (χ1v) is 8.39. The molecule has 1 aromatic rings. The van der Waals surface area contributed by atoms with Crippen molar-refractivity contribution in [3.63, 3.8) is 0 Å². The van der Waals surface area contributed by atoms with Crippen LogP contribution in [0.5, 0.6) is 5.88 Å². The van der Waals surface area contributed by atoms with Gasteiger partial charge in [0.1, 0.15) is 5.00 Å². The molecule has 130 valence electrons. The number of aliphatic hydroxyl groups is 1. The third kappa shape index (κ3) is 6.83. The number of carbonyl (C=O) groups excluding carboxylic acids is 1. The molecular weight excluding hydrogens is 322 g/mol. The lowest BCUT2D eigenvalue weighted by Gasteiger charge is -2.06. The number of nitrogens with zero attached hydrogens (tertiary/aromatic N) is 1. The minimum absolute atomic E-state index is 0.0236. The fraction of sp³-hybridized carbons (Fsp3) is 0.643. The van der Waals surface area contributed by atoms with Crippen molar-refractivity contribution in [2.75, 3.05) is 25.1 Å². The summed E-state index contributed by atoms with van der Waals surface area (Å²) in [7, 11) is 0. The van der Waals surface area contributed by atoms with E-state index < -0.39 is 12.0 Å². The summed E-state index contributed by atoms with van der Waals surface area (Å²) < 4.78 is 9.38. The van der Waals surface area contributed by atoms with Crippen molar-refractivity contribution in [1.82, 2.24) is 9.69 Å². The number of unbranched alkanes of at least 4 members (excludes halogenated alkanes) is 4. The fourth-order valence-corrected chi connectivity index (χ4v) is 2.56. The van der Waals surface area contributed by atoms with Gasteiger partial charge in [-0.1, -0.05) is 32.6 Å². The largest absolute Gasteiger partial charge is 0.477 e. The Morgan fingerprint density at radius 2 is 2.00 bits per heavy atom. The molecule has 0 aromatic carbocycles. The smallest absolute Gasteiger partial charge is 0.344 e. The van der Waals surface area contributed by atoms with Crippen molar-refractivity contribution in [3.8, 4) is 5.88 Å². The van der Waals surface area contributed by atoms with Gasteiger partial charge in [-0.2, -0.15) is 4.37 Å². The Morgan fingerprint density at radius 3 is 2.65 bits per heavy atom. The van der Waals surface area contributed by atoms with Crippen LogP contribution in [-0.2, 0) is 0 Å². The minimum Gasteiger partial charge on any atom is -0.477 e. The highest BCUT2D eigenvalue weighted by atomic mass is 32.1. The summed E-state index contributed by atoms with van der Waals surface area (Å²) in [5, 5.41) is 22.8. The normalized spacial score (nSPS) is 10.3. The lowest BCUT2D eigenvalue weighted by Crippen LogP contribution is -2.31. The predicted octanol–water partition coefficient (Wildman–Crippen LogP) is 2.30. The van der Waals surface area contributed by atoms with Crippen LogP contribution in [0.15, 0.2) is 0 Å².